The van der Waals surface area contributed by atoms with Crippen molar-refractivity contribution in [2.45, 2.75) is 29.9 Å². The van der Waals surface area contributed by atoms with E-state index in [1.54, 1.807) is 18.2 Å². The predicted molar refractivity (Wildman–Crippen MR) is 82.3 cm³/mol. The average molecular weight is 342 g/mol. The molecule has 1 N–H and O–H groups in total. The Hall–Kier alpha value is -1.08. The van der Waals surface area contributed by atoms with E-state index >= 15 is 0 Å². The third-order valence-electron chi connectivity index (χ3n) is 4.88. The van der Waals surface area contributed by atoms with Gasteiger partial charge in [-0.3, -0.25) is 0 Å². The molecule has 0 amide bonds. The van der Waals surface area contributed by atoms with Crippen LogP contribution in [0.1, 0.15) is 19.3 Å². The number of nitrogens with zero attached hydrogens (tertiary/aromatic N) is 1. The second-order valence-electron chi connectivity index (χ2n) is 6.13. The van der Waals surface area contributed by atoms with Crippen LogP contribution in [-0.2, 0) is 10.0 Å². The first-order valence-electron chi connectivity index (χ1n) is 7.30. The van der Waals surface area contributed by atoms with Crippen LogP contribution in [0.3, 0.4) is 0 Å². The summed E-state index contributed by atoms with van der Waals surface area (Å²) in [5, 5.41) is 10.8. The van der Waals surface area contributed by atoms with Crippen LogP contribution in [0.25, 0.3) is 11.0 Å². The smallest absolute Gasteiger partial charge is 0.277 e. The van der Waals surface area contributed by atoms with E-state index in [1.165, 1.54) is 10.4 Å². The Balaban J connectivity index is 1.79. The third kappa shape index (κ3) is 1.94. The lowest BCUT2D eigenvalue weighted by Crippen LogP contribution is -2.48. The fourth-order valence-electron chi connectivity index (χ4n) is 3.61. The van der Waals surface area contributed by atoms with Gasteiger partial charge in [0.1, 0.15) is 5.58 Å². The van der Waals surface area contributed by atoms with Crippen molar-refractivity contribution in [1.29, 1.82) is 0 Å². The minimum Gasteiger partial charge on any atom is -0.443 e. The van der Waals surface area contributed by atoms with Crippen molar-refractivity contribution in [3.8, 4) is 0 Å². The molecule has 1 saturated heterocycles. The van der Waals surface area contributed by atoms with Gasteiger partial charge in [0.15, 0.2) is 0 Å². The van der Waals surface area contributed by atoms with Gasteiger partial charge in [-0.05, 0) is 43.4 Å². The SMILES string of the molecule is O=S(=O)(c1cc2cc(Cl)ccc2o1)N1CCC[C@@H]2C[C@@]21CO. The second kappa shape index (κ2) is 4.71. The van der Waals surface area contributed by atoms with Gasteiger partial charge in [-0.1, -0.05) is 11.6 Å². The monoisotopic (exact) mass is 341 g/mol. The lowest BCUT2D eigenvalue weighted by atomic mass is 10.1. The Labute approximate surface area is 133 Å². The van der Waals surface area contributed by atoms with Crippen molar-refractivity contribution in [3.05, 3.63) is 29.3 Å². The average Bonchev–Trinajstić information content (AvgIpc) is 3.09. The molecule has 7 heteroatoms. The van der Waals surface area contributed by atoms with Gasteiger partial charge in [0.2, 0.25) is 5.09 Å². The standard InChI is InChI=1S/C15H16ClNO4S/c16-12-3-4-13-10(6-12)7-14(21-13)22(19,20)17-5-1-2-11-8-15(11,17)9-18/h3-4,6-7,11,18H,1-2,5,8-9H2/t11-,15-/m1/s1. The summed E-state index contributed by atoms with van der Waals surface area (Å²) in [6, 6.07) is 6.51. The quantitative estimate of drug-likeness (QED) is 0.931. The molecule has 2 aliphatic rings. The molecule has 1 aromatic heterocycles. The maximum atomic E-state index is 12.9. The highest BCUT2D eigenvalue weighted by atomic mass is 35.5. The van der Waals surface area contributed by atoms with E-state index in [1.807, 2.05) is 0 Å². The van der Waals surface area contributed by atoms with Crippen LogP contribution in [-0.4, -0.2) is 36.5 Å². The number of hydrogen-bond acceptors (Lipinski definition) is 4. The number of rotatable bonds is 3. The van der Waals surface area contributed by atoms with Crippen LogP contribution in [0.2, 0.25) is 5.02 Å². The number of furan rings is 1. The zero-order chi connectivity index (χ0) is 15.5. The van der Waals surface area contributed by atoms with Gasteiger partial charge in [0.25, 0.3) is 10.0 Å². The zero-order valence-corrected chi connectivity index (χ0v) is 13.4. The molecule has 1 aliphatic carbocycles. The number of halogens is 1. The molecule has 2 aromatic rings. The van der Waals surface area contributed by atoms with E-state index in [4.69, 9.17) is 16.0 Å². The number of fused-ring (bicyclic) bond motifs is 2. The molecule has 2 atom stereocenters. The van der Waals surface area contributed by atoms with Crippen molar-refractivity contribution >= 4 is 32.6 Å². The van der Waals surface area contributed by atoms with Gasteiger partial charge in [-0.25, -0.2) is 8.42 Å². The fourth-order valence-corrected chi connectivity index (χ4v) is 5.60. The molecule has 0 unspecified atom stereocenters. The summed E-state index contributed by atoms with van der Waals surface area (Å²) in [5.74, 6) is 0.264. The second-order valence-corrected chi connectivity index (χ2v) is 8.36. The van der Waals surface area contributed by atoms with Crippen LogP contribution >= 0.6 is 11.6 Å². The maximum Gasteiger partial charge on any atom is 0.277 e. The predicted octanol–water partition coefficient (Wildman–Crippen LogP) is 2.62. The molecule has 2 heterocycles. The number of hydrogen-bond donors (Lipinski definition) is 1. The van der Waals surface area contributed by atoms with Gasteiger partial charge >= 0.3 is 0 Å². The first-order valence-corrected chi connectivity index (χ1v) is 9.12. The van der Waals surface area contributed by atoms with Crippen LogP contribution in [0.5, 0.6) is 0 Å². The Morgan fingerprint density at radius 2 is 2.23 bits per heavy atom. The summed E-state index contributed by atoms with van der Waals surface area (Å²) in [5.41, 5.74) is -0.126. The number of aliphatic hydroxyl groups excluding tert-OH is 1. The largest absolute Gasteiger partial charge is 0.443 e. The Morgan fingerprint density at radius 3 is 3.00 bits per heavy atom. The molecule has 0 bridgehead atoms. The highest BCUT2D eigenvalue weighted by Gasteiger charge is 2.63. The maximum absolute atomic E-state index is 12.9. The minimum atomic E-state index is -3.75. The molecule has 118 valence electrons. The van der Waals surface area contributed by atoms with Crippen molar-refractivity contribution < 1.29 is 17.9 Å². The van der Waals surface area contributed by atoms with Crippen LogP contribution in [0.15, 0.2) is 33.8 Å². The molecule has 4 rings (SSSR count). The summed E-state index contributed by atoms with van der Waals surface area (Å²) in [4.78, 5) is 0. The molecular weight excluding hydrogens is 326 g/mol. The first-order chi connectivity index (χ1) is 10.5. The molecule has 22 heavy (non-hydrogen) atoms. The van der Waals surface area contributed by atoms with Gasteiger partial charge in [0, 0.05) is 23.0 Å². The van der Waals surface area contributed by atoms with Crippen LogP contribution < -0.4 is 0 Å². The van der Waals surface area contributed by atoms with E-state index < -0.39 is 15.6 Å². The summed E-state index contributed by atoms with van der Waals surface area (Å²) in [7, 11) is -3.75. The molecule has 2 fully saturated rings. The van der Waals surface area contributed by atoms with Gasteiger partial charge < -0.3 is 9.52 Å². The van der Waals surface area contributed by atoms with Crippen molar-refractivity contribution in [2.75, 3.05) is 13.2 Å². The van der Waals surface area contributed by atoms with E-state index in [-0.39, 0.29) is 17.6 Å². The van der Waals surface area contributed by atoms with E-state index in [0.717, 1.165) is 19.3 Å². The summed E-state index contributed by atoms with van der Waals surface area (Å²) < 4.78 is 32.8. The number of piperidine rings is 1. The highest BCUT2D eigenvalue weighted by molar-refractivity contribution is 7.89. The Morgan fingerprint density at radius 1 is 1.41 bits per heavy atom. The van der Waals surface area contributed by atoms with Gasteiger partial charge in [0.05, 0.1) is 12.1 Å². The lowest BCUT2D eigenvalue weighted by molar-refractivity contribution is 0.135. The zero-order valence-electron chi connectivity index (χ0n) is 11.8. The lowest BCUT2D eigenvalue weighted by Gasteiger charge is -2.33. The van der Waals surface area contributed by atoms with E-state index in [2.05, 4.69) is 0 Å². The van der Waals surface area contributed by atoms with Crippen LogP contribution in [0, 0.1) is 5.92 Å². The number of sulfonamides is 1. The minimum absolute atomic E-state index is 0.0786. The number of aliphatic hydroxyl groups is 1. The van der Waals surface area contributed by atoms with E-state index in [9.17, 15) is 13.5 Å². The molecule has 1 aliphatic heterocycles. The molecule has 1 aromatic carbocycles. The first kappa shape index (κ1) is 14.5. The van der Waals surface area contributed by atoms with Gasteiger partial charge in [-0.15, -0.1) is 0 Å². The van der Waals surface area contributed by atoms with Crippen molar-refractivity contribution in [3.63, 3.8) is 0 Å². The van der Waals surface area contributed by atoms with E-state index in [0.29, 0.717) is 22.5 Å². The normalized spacial score (nSPS) is 28.7. The summed E-state index contributed by atoms with van der Waals surface area (Å²) >= 11 is 5.93. The van der Waals surface area contributed by atoms with Crippen molar-refractivity contribution in [2.24, 2.45) is 5.92 Å². The molecule has 1 saturated carbocycles. The summed E-state index contributed by atoms with van der Waals surface area (Å²) in [6.45, 7) is 0.292. The van der Waals surface area contributed by atoms with Gasteiger partial charge in [-0.2, -0.15) is 4.31 Å². The molecule has 5 nitrogen and oxygen atoms in total. The Kier molecular flexibility index (Phi) is 3.10. The highest BCUT2D eigenvalue weighted by Crippen LogP contribution is 2.55. The molecule has 0 radical (unpaired) electrons. The Bertz CT molecular complexity index is 846. The number of benzene rings is 1. The van der Waals surface area contributed by atoms with Crippen molar-refractivity contribution in [1.82, 2.24) is 4.31 Å². The molecule has 0 spiro atoms. The summed E-state index contributed by atoms with van der Waals surface area (Å²) in [6.07, 6.45) is 2.52. The van der Waals surface area contributed by atoms with Crippen LogP contribution in [0.4, 0.5) is 0 Å². The molecular formula is C15H16ClNO4S. The fraction of sp³-hybridized carbons (Fsp3) is 0.467. The third-order valence-corrected chi connectivity index (χ3v) is 6.96. The topological polar surface area (TPSA) is 70.8 Å².